The largest absolute Gasteiger partial charge is 0.393 e. The zero-order chi connectivity index (χ0) is 17.9. The highest BCUT2D eigenvalue weighted by Gasteiger charge is 2.25. The SMILES string of the molecule is CC(O)Cc1cn(C2CCN(c3nnnn3-c3ccccc3)CC2)nn1. The molecule has 1 saturated heterocycles. The van der Waals surface area contributed by atoms with Gasteiger partial charge in [-0.15, -0.1) is 5.10 Å². The number of tetrazole rings is 1. The summed E-state index contributed by atoms with van der Waals surface area (Å²) in [7, 11) is 0. The van der Waals surface area contributed by atoms with Crippen LogP contribution < -0.4 is 4.90 Å². The van der Waals surface area contributed by atoms with Crippen molar-refractivity contribution in [3.63, 3.8) is 0 Å². The third kappa shape index (κ3) is 3.43. The fourth-order valence-corrected chi connectivity index (χ4v) is 3.33. The molecule has 1 unspecified atom stereocenters. The number of rotatable bonds is 5. The molecule has 9 nitrogen and oxygen atoms in total. The smallest absolute Gasteiger partial charge is 0.250 e. The van der Waals surface area contributed by atoms with Crippen molar-refractivity contribution in [2.45, 2.75) is 38.3 Å². The highest BCUT2D eigenvalue weighted by atomic mass is 16.3. The highest BCUT2D eigenvalue weighted by Crippen LogP contribution is 2.25. The van der Waals surface area contributed by atoms with Crippen LogP contribution in [-0.4, -0.2) is 59.5 Å². The normalized spacial score (nSPS) is 16.8. The van der Waals surface area contributed by atoms with E-state index in [1.54, 1.807) is 11.6 Å². The summed E-state index contributed by atoms with van der Waals surface area (Å²) < 4.78 is 3.70. The number of hydrogen-bond acceptors (Lipinski definition) is 7. The van der Waals surface area contributed by atoms with E-state index >= 15 is 0 Å². The molecule has 136 valence electrons. The maximum Gasteiger partial charge on any atom is 0.250 e. The lowest BCUT2D eigenvalue weighted by Gasteiger charge is -2.31. The van der Waals surface area contributed by atoms with Gasteiger partial charge >= 0.3 is 0 Å². The maximum absolute atomic E-state index is 9.48. The van der Waals surface area contributed by atoms with E-state index in [1.165, 1.54) is 0 Å². The fourth-order valence-electron chi connectivity index (χ4n) is 3.33. The minimum Gasteiger partial charge on any atom is -0.393 e. The van der Waals surface area contributed by atoms with Crippen molar-refractivity contribution in [2.75, 3.05) is 18.0 Å². The van der Waals surface area contributed by atoms with E-state index in [1.807, 2.05) is 41.2 Å². The molecular weight excluding hydrogens is 332 g/mol. The topological polar surface area (TPSA) is 97.8 Å². The molecular formula is C17H22N8O. The van der Waals surface area contributed by atoms with Crippen LogP contribution in [0.25, 0.3) is 5.69 Å². The molecule has 0 spiro atoms. The molecule has 0 amide bonds. The van der Waals surface area contributed by atoms with Gasteiger partial charge < -0.3 is 10.0 Å². The molecule has 26 heavy (non-hydrogen) atoms. The Labute approximate surface area is 151 Å². The van der Waals surface area contributed by atoms with Crippen LogP contribution in [0.15, 0.2) is 36.5 Å². The third-order valence-corrected chi connectivity index (χ3v) is 4.64. The zero-order valence-corrected chi connectivity index (χ0v) is 14.7. The van der Waals surface area contributed by atoms with Crippen molar-refractivity contribution < 1.29 is 5.11 Å². The summed E-state index contributed by atoms with van der Waals surface area (Å²) in [6.45, 7) is 3.46. The molecule has 0 aliphatic carbocycles. The molecule has 3 aromatic rings. The molecule has 1 fully saturated rings. The van der Waals surface area contributed by atoms with E-state index in [9.17, 15) is 5.11 Å². The average molecular weight is 354 g/mol. The van der Waals surface area contributed by atoms with Gasteiger partial charge in [0.1, 0.15) is 0 Å². The van der Waals surface area contributed by atoms with Gasteiger partial charge in [0.25, 0.3) is 0 Å². The lowest BCUT2D eigenvalue weighted by Crippen LogP contribution is -2.36. The number of aromatic nitrogens is 7. The number of aliphatic hydroxyl groups is 1. The van der Waals surface area contributed by atoms with Gasteiger partial charge in [0.2, 0.25) is 5.95 Å². The number of para-hydroxylation sites is 1. The third-order valence-electron chi connectivity index (χ3n) is 4.64. The Morgan fingerprint density at radius 2 is 1.88 bits per heavy atom. The first-order valence-corrected chi connectivity index (χ1v) is 8.88. The number of aliphatic hydroxyl groups excluding tert-OH is 1. The molecule has 1 aliphatic heterocycles. The Hall–Kier alpha value is -2.81. The minimum absolute atomic E-state index is 0.308. The van der Waals surface area contributed by atoms with Crippen molar-refractivity contribution in [3.8, 4) is 5.69 Å². The molecule has 2 aromatic heterocycles. The minimum atomic E-state index is -0.404. The van der Waals surface area contributed by atoms with E-state index in [-0.39, 0.29) is 0 Å². The molecule has 4 rings (SSSR count). The fraction of sp³-hybridized carbons (Fsp3) is 0.471. The summed E-state index contributed by atoms with van der Waals surface area (Å²) in [4.78, 5) is 2.21. The Morgan fingerprint density at radius 1 is 1.12 bits per heavy atom. The molecule has 3 heterocycles. The molecule has 1 atom stereocenters. The van der Waals surface area contributed by atoms with Crippen molar-refractivity contribution in [3.05, 3.63) is 42.2 Å². The summed E-state index contributed by atoms with van der Waals surface area (Å²) in [6, 6.07) is 10.2. The van der Waals surface area contributed by atoms with Crippen molar-refractivity contribution in [2.24, 2.45) is 0 Å². The monoisotopic (exact) mass is 354 g/mol. The highest BCUT2D eigenvalue weighted by molar-refractivity contribution is 5.40. The standard InChI is InChI=1S/C17H22N8O/c1-13(26)11-14-12-24(21-18-14)15-7-9-23(10-8-15)17-19-20-22-25(17)16-5-3-2-4-6-16/h2-6,12-13,15,26H,7-11H2,1H3. The van der Waals surface area contributed by atoms with Crippen molar-refractivity contribution in [1.29, 1.82) is 0 Å². The van der Waals surface area contributed by atoms with Crippen molar-refractivity contribution >= 4 is 5.95 Å². The van der Waals surface area contributed by atoms with Gasteiger partial charge in [-0.3, -0.25) is 0 Å². The van der Waals surface area contributed by atoms with E-state index in [0.29, 0.717) is 12.5 Å². The van der Waals surface area contributed by atoms with Gasteiger partial charge in [-0.25, -0.2) is 4.68 Å². The van der Waals surface area contributed by atoms with Gasteiger partial charge in [0.15, 0.2) is 0 Å². The molecule has 1 aliphatic rings. The van der Waals surface area contributed by atoms with E-state index in [0.717, 1.165) is 43.3 Å². The maximum atomic E-state index is 9.48. The van der Waals surface area contributed by atoms with E-state index in [2.05, 4.69) is 30.7 Å². The van der Waals surface area contributed by atoms with Crippen LogP contribution in [0, 0.1) is 0 Å². The second kappa shape index (κ2) is 7.20. The summed E-state index contributed by atoms with van der Waals surface area (Å²) in [5, 5.41) is 30.1. The molecule has 1 N–H and O–H groups in total. The van der Waals surface area contributed by atoms with E-state index < -0.39 is 6.10 Å². The molecule has 1 aromatic carbocycles. The van der Waals surface area contributed by atoms with Crippen LogP contribution in [0.4, 0.5) is 5.95 Å². The van der Waals surface area contributed by atoms with Crippen LogP contribution in [-0.2, 0) is 6.42 Å². The zero-order valence-electron chi connectivity index (χ0n) is 14.7. The Kier molecular flexibility index (Phi) is 4.61. The molecule has 0 saturated carbocycles. The summed E-state index contributed by atoms with van der Waals surface area (Å²) in [6.07, 6.45) is 3.96. The molecule has 9 heteroatoms. The van der Waals surface area contributed by atoms with Crippen LogP contribution in [0.5, 0.6) is 0 Å². The molecule has 0 bridgehead atoms. The summed E-state index contributed by atoms with van der Waals surface area (Å²) in [5.41, 5.74) is 1.78. The summed E-state index contributed by atoms with van der Waals surface area (Å²) >= 11 is 0. The van der Waals surface area contributed by atoms with E-state index in [4.69, 9.17) is 0 Å². The lowest BCUT2D eigenvalue weighted by molar-refractivity contribution is 0.194. The Bertz CT molecular complexity index is 835. The number of anilines is 1. The van der Waals surface area contributed by atoms with Gasteiger partial charge in [-0.05, 0) is 42.3 Å². The second-order valence-electron chi connectivity index (χ2n) is 6.69. The van der Waals surface area contributed by atoms with Gasteiger partial charge in [-0.1, -0.05) is 28.5 Å². The average Bonchev–Trinajstić information content (AvgIpc) is 3.32. The van der Waals surface area contributed by atoms with Gasteiger partial charge in [0.05, 0.1) is 23.5 Å². The van der Waals surface area contributed by atoms with Crippen LogP contribution in [0.2, 0.25) is 0 Å². The number of benzene rings is 1. The van der Waals surface area contributed by atoms with Gasteiger partial charge in [-0.2, -0.15) is 4.68 Å². The van der Waals surface area contributed by atoms with Crippen LogP contribution in [0.3, 0.4) is 0 Å². The van der Waals surface area contributed by atoms with Crippen molar-refractivity contribution in [1.82, 2.24) is 35.2 Å². The van der Waals surface area contributed by atoms with Crippen LogP contribution >= 0.6 is 0 Å². The van der Waals surface area contributed by atoms with Gasteiger partial charge in [0, 0.05) is 25.7 Å². The lowest BCUT2D eigenvalue weighted by atomic mass is 10.1. The Balaban J connectivity index is 1.43. The number of hydrogen-bond donors (Lipinski definition) is 1. The second-order valence-corrected chi connectivity index (χ2v) is 6.69. The quantitative estimate of drug-likeness (QED) is 0.730. The number of nitrogens with zero attached hydrogens (tertiary/aromatic N) is 8. The Morgan fingerprint density at radius 3 is 2.62 bits per heavy atom. The first-order chi connectivity index (χ1) is 12.7. The predicted octanol–water partition coefficient (Wildman–Crippen LogP) is 1.02. The van der Waals surface area contributed by atoms with Crippen LogP contribution in [0.1, 0.15) is 31.5 Å². The predicted molar refractivity (Wildman–Crippen MR) is 95.0 cm³/mol. The summed E-state index contributed by atoms with van der Waals surface area (Å²) in [5.74, 6) is 0.767. The first-order valence-electron chi connectivity index (χ1n) is 8.88. The molecule has 0 radical (unpaired) electrons. The number of piperidine rings is 1. The first kappa shape index (κ1) is 16.6.